The molecule has 0 bridgehead atoms. The minimum Gasteiger partial charge on any atom is -0.311 e. The topological polar surface area (TPSA) is 8.17 Å². The molecule has 1 aromatic heterocycles. The molecule has 48 heavy (non-hydrogen) atoms. The molecule has 1 heterocycles. The molecule has 0 N–H and O–H groups in total. The fraction of sp³-hybridized carbons (Fsp3) is 0.0435. The number of hydrogen-bond acceptors (Lipinski definition) is 1. The molecule has 2 nitrogen and oxygen atoms in total. The molecule has 0 aliphatic rings. The van der Waals surface area contributed by atoms with Crippen LogP contribution in [0, 0.1) is 0 Å². The molecule has 6 aromatic carbocycles. The normalized spacial score (nSPS) is 12.0. The third kappa shape index (κ3) is 6.17. The average molecular weight is 619 g/mol. The Hall–Kier alpha value is -6.12. The molecule has 7 aromatic rings. The van der Waals surface area contributed by atoms with Gasteiger partial charge >= 0.3 is 0 Å². The Morgan fingerprint density at radius 1 is 0.604 bits per heavy atom. The highest BCUT2D eigenvalue weighted by molar-refractivity contribution is 6.10. The summed E-state index contributed by atoms with van der Waals surface area (Å²) in [5.41, 5.74) is 11.7. The third-order valence-corrected chi connectivity index (χ3v) is 8.71. The highest BCUT2D eigenvalue weighted by atomic mass is 15.1. The summed E-state index contributed by atoms with van der Waals surface area (Å²) in [4.78, 5) is 2.33. The number of nitrogens with zero attached hydrogens (tertiary/aromatic N) is 2. The smallest absolute Gasteiger partial charge is 0.0541 e. The first-order valence-corrected chi connectivity index (χ1v) is 16.5. The fourth-order valence-corrected chi connectivity index (χ4v) is 6.46. The van der Waals surface area contributed by atoms with Crippen LogP contribution in [0.1, 0.15) is 13.3 Å². The summed E-state index contributed by atoms with van der Waals surface area (Å²) in [5, 5.41) is 2.51. The lowest BCUT2D eigenvalue weighted by Crippen LogP contribution is -2.15. The van der Waals surface area contributed by atoms with Crippen molar-refractivity contribution in [3.63, 3.8) is 0 Å². The standard InChI is InChI=1S/C46H38N2/c1-3-5-6-11-19-39(16-4-2)47(41-29-24-36(25-30-41)35-17-9-7-10-18-35)42-31-26-37(27-32-42)38-28-33-46-44(34-38)43-22-14-15-23-45(43)48(46)40-20-12-8-13-21-40/h3-10,12-34H,1,11H2,2H3/b6-5-,16-4-,39-19+. The van der Waals surface area contributed by atoms with E-state index in [1.54, 1.807) is 0 Å². The zero-order valence-electron chi connectivity index (χ0n) is 27.2. The Morgan fingerprint density at radius 2 is 1.17 bits per heavy atom. The maximum absolute atomic E-state index is 3.82. The maximum Gasteiger partial charge on any atom is 0.0541 e. The van der Waals surface area contributed by atoms with Crippen molar-refractivity contribution in [2.75, 3.05) is 4.90 Å². The third-order valence-electron chi connectivity index (χ3n) is 8.71. The van der Waals surface area contributed by atoms with Crippen LogP contribution >= 0.6 is 0 Å². The molecule has 0 saturated heterocycles. The molecule has 0 saturated carbocycles. The van der Waals surface area contributed by atoms with E-state index < -0.39 is 0 Å². The number of allylic oxidation sites excluding steroid dienone is 6. The zero-order valence-corrected chi connectivity index (χ0v) is 27.2. The fourth-order valence-electron chi connectivity index (χ4n) is 6.46. The van der Waals surface area contributed by atoms with Gasteiger partial charge in [0, 0.05) is 33.5 Å². The van der Waals surface area contributed by atoms with Gasteiger partial charge in [-0.25, -0.2) is 0 Å². The second-order valence-electron chi connectivity index (χ2n) is 11.7. The number of anilines is 2. The first-order chi connectivity index (χ1) is 23.7. The summed E-state index contributed by atoms with van der Waals surface area (Å²) in [5.74, 6) is 0. The Morgan fingerprint density at radius 3 is 1.83 bits per heavy atom. The molecular weight excluding hydrogens is 581 g/mol. The van der Waals surface area contributed by atoms with Crippen molar-refractivity contribution < 1.29 is 0 Å². The van der Waals surface area contributed by atoms with Crippen molar-refractivity contribution in [1.29, 1.82) is 0 Å². The van der Waals surface area contributed by atoms with Gasteiger partial charge in [-0.3, -0.25) is 0 Å². The Bertz CT molecular complexity index is 2250. The lowest BCUT2D eigenvalue weighted by Gasteiger charge is -2.27. The van der Waals surface area contributed by atoms with Crippen molar-refractivity contribution >= 4 is 33.2 Å². The number of hydrogen-bond donors (Lipinski definition) is 0. The molecule has 2 heteroatoms. The predicted molar refractivity (Wildman–Crippen MR) is 207 cm³/mol. The lowest BCUT2D eigenvalue weighted by atomic mass is 10.0. The minimum absolute atomic E-state index is 0.805. The molecule has 232 valence electrons. The van der Waals surface area contributed by atoms with E-state index in [2.05, 4.69) is 199 Å². The van der Waals surface area contributed by atoms with Crippen LogP contribution in [-0.4, -0.2) is 4.57 Å². The minimum atomic E-state index is 0.805. The van der Waals surface area contributed by atoms with Crippen molar-refractivity contribution in [1.82, 2.24) is 4.57 Å². The van der Waals surface area contributed by atoms with E-state index in [1.807, 2.05) is 12.2 Å². The van der Waals surface area contributed by atoms with Crippen LogP contribution in [0.5, 0.6) is 0 Å². The van der Waals surface area contributed by atoms with Gasteiger partial charge in [-0.1, -0.05) is 134 Å². The van der Waals surface area contributed by atoms with Crippen LogP contribution in [0.2, 0.25) is 0 Å². The predicted octanol–water partition coefficient (Wildman–Crippen LogP) is 12.8. The van der Waals surface area contributed by atoms with Crippen molar-refractivity contribution in [2.45, 2.75) is 13.3 Å². The first-order valence-electron chi connectivity index (χ1n) is 16.5. The van der Waals surface area contributed by atoms with E-state index in [0.717, 1.165) is 23.5 Å². The van der Waals surface area contributed by atoms with E-state index in [0.29, 0.717) is 0 Å². The number of fused-ring (bicyclic) bond motifs is 3. The average Bonchev–Trinajstić information content (AvgIpc) is 3.48. The van der Waals surface area contributed by atoms with Crippen LogP contribution in [0.3, 0.4) is 0 Å². The van der Waals surface area contributed by atoms with Crippen molar-refractivity contribution in [3.05, 3.63) is 200 Å². The zero-order chi connectivity index (χ0) is 32.7. The largest absolute Gasteiger partial charge is 0.311 e. The molecule has 0 amide bonds. The highest BCUT2D eigenvalue weighted by Crippen LogP contribution is 2.37. The van der Waals surface area contributed by atoms with E-state index >= 15 is 0 Å². The summed E-state index contributed by atoms with van der Waals surface area (Å²) in [7, 11) is 0. The molecule has 0 atom stereocenters. The summed E-state index contributed by atoms with van der Waals surface area (Å²) >= 11 is 0. The number of para-hydroxylation sites is 2. The summed E-state index contributed by atoms with van der Waals surface area (Å²) in [6.07, 6.45) is 13.3. The van der Waals surface area contributed by atoms with E-state index in [1.165, 1.54) is 49.7 Å². The maximum atomic E-state index is 3.82. The van der Waals surface area contributed by atoms with Gasteiger partial charge in [-0.05, 0) is 96.3 Å². The van der Waals surface area contributed by atoms with E-state index in [-0.39, 0.29) is 0 Å². The first kappa shape index (κ1) is 30.5. The molecular formula is C46H38N2. The van der Waals surface area contributed by atoms with Gasteiger partial charge in [0.15, 0.2) is 0 Å². The van der Waals surface area contributed by atoms with Gasteiger partial charge < -0.3 is 9.47 Å². The van der Waals surface area contributed by atoms with Gasteiger partial charge in [0.2, 0.25) is 0 Å². The van der Waals surface area contributed by atoms with Crippen LogP contribution < -0.4 is 4.90 Å². The molecule has 0 unspecified atom stereocenters. The number of benzene rings is 6. The van der Waals surface area contributed by atoms with E-state index in [9.17, 15) is 0 Å². The Kier molecular flexibility index (Phi) is 8.97. The molecule has 0 aliphatic heterocycles. The van der Waals surface area contributed by atoms with Gasteiger partial charge in [-0.2, -0.15) is 0 Å². The molecule has 0 aliphatic carbocycles. The number of rotatable bonds is 10. The SMILES string of the molecule is C=C/C=C\C/C=C(\C=C/C)N(c1ccc(-c2ccccc2)cc1)c1ccc(-c2ccc3c(c2)c2ccccc2n3-c2ccccc2)cc1. The van der Waals surface area contributed by atoms with Crippen LogP contribution in [0.4, 0.5) is 11.4 Å². The Balaban J connectivity index is 1.28. The molecule has 0 spiro atoms. The van der Waals surface area contributed by atoms with E-state index in [4.69, 9.17) is 0 Å². The van der Waals surface area contributed by atoms with Crippen molar-refractivity contribution in [3.8, 4) is 27.9 Å². The van der Waals surface area contributed by atoms with Gasteiger partial charge in [-0.15, -0.1) is 0 Å². The second-order valence-corrected chi connectivity index (χ2v) is 11.7. The van der Waals surface area contributed by atoms with Gasteiger partial charge in [0.25, 0.3) is 0 Å². The molecule has 7 rings (SSSR count). The molecule has 0 fully saturated rings. The summed E-state index contributed by atoms with van der Waals surface area (Å²) in [6.45, 7) is 5.89. The lowest BCUT2D eigenvalue weighted by molar-refractivity contribution is 1.17. The monoisotopic (exact) mass is 618 g/mol. The summed E-state index contributed by atoms with van der Waals surface area (Å²) in [6, 6.07) is 54.4. The van der Waals surface area contributed by atoms with Gasteiger partial charge in [0.05, 0.1) is 11.0 Å². The van der Waals surface area contributed by atoms with Crippen molar-refractivity contribution in [2.24, 2.45) is 0 Å². The summed E-state index contributed by atoms with van der Waals surface area (Å²) < 4.78 is 2.36. The quantitative estimate of drug-likeness (QED) is 0.138. The molecule has 0 radical (unpaired) electrons. The van der Waals surface area contributed by atoms with Crippen LogP contribution in [0.25, 0.3) is 49.7 Å². The van der Waals surface area contributed by atoms with Crippen LogP contribution in [0.15, 0.2) is 200 Å². The van der Waals surface area contributed by atoms with Gasteiger partial charge in [0.1, 0.15) is 0 Å². The number of aromatic nitrogens is 1. The van der Waals surface area contributed by atoms with Crippen LogP contribution in [-0.2, 0) is 0 Å². The second kappa shape index (κ2) is 14.1. The highest BCUT2D eigenvalue weighted by Gasteiger charge is 2.16. The Labute approximate surface area is 283 Å².